The number of carbonyl (C=O) groups excluding carboxylic acids is 1. The van der Waals surface area contributed by atoms with Gasteiger partial charge in [-0.15, -0.1) is 0 Å². The van der Waals surface area contributed by atoms with E-state index in [0.29, 0.717) is 12.3 Å². The predicted molar refractivity (Wildman–Crippen MR) is 58.0 cm³/mol. The van der Waals surface area contributed by atoms with Crippen molar-refractivity contribution < 1.29 is 9.21 Å². The number of nitrogens with zero attached hydrogens (tertiary/aromatic N) is 1. The quantitative estimate of drug-likeness (QED) is 0.689. The van der Waals surface area contributed by atoms with E-state index in [9.17, 15) is 4.79 Å². The molecule has 1 aliphatic heterocycles. The minimum Gasteiger partial charge on any atom is -0.440 e. The molecule has 3 nitrogen and oxygen atoms in total. The van der Waals surface area contributed by atoms with Gasteiger partial charge in [-0.25, -0.2) is 0 Å². The second kappa shape index (κ2) is 4.11. The van der Waals surface area contributed by atoms with Crippen molar-refractivity contribution in [2.24, 2.45) is 0 Å². The van der Waals surface area contributed by atoms with Gasteiger partial charge in [0.25, 0.3) is 5.91 Å². The first-order valence-corrected chi connectivity index (χ1v) is 5.25. The summed E-state index contributed by atoms with van der Waals surface area (Å²) in [6.45, 7) is 3.48. The molecule has 1 aromatic rings. The van der Waals surface area contributed by atoms with Crippen molar-refractivity contribution in [2.45, 2.75) is 13.3 Å². The number of amides is 1. The molecule has 2 heterocycles. The molecule has 1 aliphatic rings. The molecule has 80 valence electrons. The van der Waals surface area contributed by atoms with Crippen LogP contribution in [-0.4, -0.2) is 23.9 Å². The smallest absolute Gasteiger partial charge is 0.289 e. The highest BCUT2D eigenvalue weighted by Gasteiger charge is 2.20. The molecule has 2 rings (SSSR count). The van der Waals surface area contributed by atoms with Crippen molar-refractivity contribution in [1.82, 2.24) is 4.90 Å². The second-order valence-corrected chi connectivity index (χ2v) is 4.03. The zero-order chi connectivity index (χ0) is 10.8. The van der Waals surface area contributed by atoms with Crippen LogP contribution >= 0.6 is 11.6 Å². The number of furan rings is 1. The molecule has 0 saturated heterocycles. The van der Waals surface area contributed by atoms with Crippen LogP contribution in [0, 0.1) is 0 Å². The van der Waals surface area contributed by atoms with Crippen molar-refractivity contribution in [3.8, 4) is 0 Å². The molecule has 0 unspecified atom stereocenters. The van der Waals surface area contributed by atoms with Gasteiger partial charge in [0.1, 0.15) is 0 Å². The number of carbonyl (C=O) groups is 1. The van der Waals surface area contributed by atoms with Crippen LogP contribution in [0.4, 0.5) is 0 Å². The van der Waals surface area contributed by atoms with Crippen molar-refractivity contribution in [2.75, 3.05) is 13.1 Å². The topological polar surface area (TPSA) is 33.5 Å². The highest BCUT2D eigenvalue weighted by Crippen LogP contribution is 2.17. The van der Waals surface area contributed by atoms with Crippen LogP contribution in [0.2, 0.25) is 5.22 Å². The maximum atomic E-state index is 11.9. The molecule has 0 spiro atoms. The lowest BCUT2D eigenvalue weighted by atomic mass is 10.1. The molecule has 0 aromatic carbocycles. The van der Waals surface area contributed by atoms with Crippen LogP contribution < -0.4 is 0 Å². The molecule has 0 fully saturated rings. The van der Waals surface area contributed by atoms with E-state index in [4.69, 9.17) is 16.0 Å². The zero-order valence-electron chi connectivity index (χ0n) is 8.50. The third-order valence-electron chi connectivity index (χ3n) is 2.51. The lowest BCUT2D eigenvalue weighted by molar-refractivity contribution is 0.0737. The summed E-state index contributed by atoms with van der Waals surface area (Å²) < 4.78 is 5.08. The summed E-state index contributed by atoms with van der Waals surface area (Å²) in [6, 6.07) is 3.19. The van der Waals surface area contributed by atoms with Crippen molar-refractivity contribution in [3.05, 3.63) is 34.8 Å². The Bertz CT molecular complexity index is 408. The fraction of sp³-hybridized carbons (Fsp3) is 0.364. The molecule has 0 N–H and O–H groups in total. The molecule has 15 heavy (non-hydrogen) atoms. The molecule has 0 radical (unpaired) electrons. The maximum absolute atomic E-state index is 11.9. The van der Waals surface area contributed by atoms with E-state index in [1.165, 1.54) is 5.57 Å². The van der Waals surface area contributed by atoms with E-state index in [-0.39, 0.29) is 11.1 Å². The largest absolute Gasteiger partial charge is 0.440 e. The third-order valence-corrected chi connectivity index (χ3v) is 2.71. The first-order valence-electron chi connectivity index (χ1n) is 4.87. The van der Waals surface area contributed by atoms with Gasteiger partial charge in [0.15, 0.2) is 11.0 Å². The summed E-state index contributed by atoms with van der Waals surface area (Å²) in [7, 11) is 0. The van der Waals surface area contributed by atoms with Crippen LogP contribution in [-0.2, 0) is 0 Å². The molecular weight excluding hydrogens is 214 g/mol. The third kappa shape index (κ3) is 2.23. The summed E-state index contributed by atoms with van der Waals surface area (Å²) in [5.41, 5.74) is 1.33. The van der Waals surface area contributed by atoms with Crippen LogP contribution in [0.5, 0.6) is 0 Å². The normalized spacial score (nSPS) is 16.4. The Morgan fingerprint density at radius 2 is 2.33 bits per heavy atom. The predicted octanol–water partition coefficient (Wildman–Crippen LogP) is 2.73. The first-order chi connectivity index (χ1) is 7.16. The van der Waals surface area contributed by atoms with Gasteiger partial charge in [-0.2, -0.15) is 0 Å². The van der Waals surface area contributed by atoms with Gasteiger partial charge in [0.2, 0.25) is 0 Å². The van der Waals surface area contributed by atoms with Crippen LogP contribution in [0.15, 0.2) is 28.2 Å². The van der Waals surface area contributed by atoms with Crippen molar-refractivity contribution in [3.63, 3.8) is 0 Å². The standard InChI is InChI=1S/C11H12ClNO2/c1-8-4-6-13(7-5-8)11(14)9-2-3-10(12)15-9/h2-4H,5-7H2,1H3. The highest BCUT2D eigenvalue weighted by molar-refractivity contribution is 6.29. The van der Waals surface area contributed by atoms with E-state index < -0.39 is 0 Å². The molecule has 0 atom stereocenters. The van der Waals surface area contributed by atoms with E-state index >= 15 is 0 Å². The highest BCUT2D eigenvalue weighted by atomic mass is 35.5. The van der Waals surface area contributed by atoms with Crippen LogP contribution in [0.1, 0.15) is 23.9 Å². The summed E-state index contributed by atoms with van der Waals surface area (Å²) in [5, 5.41) is 0.252. The molecule has 0 bridgehead atoms. The van der Waals surface area contributed by atoms with E-state index in [2.05, 4.69) is 13.0 Å². The van der Waals surface area contributed by atoms with Gasteiger partial charge in [-0.1, -0.05) is 11.6 Å². The summed E-state index contributed by atoms with van der Waals surface area (Å²) in [5.74, 6) is 0.221. The Hall–Kier alpha value is -1.22. The van der Waals surface area contributed by atoms with Crippen molar-refractivity contribution >= 4 is 17.5 Å². The lowest BCUT2D eigenvalue weighted by Gasteiger charge is -2.24. The Morgan fingerprint density at radius 3 is 2.87 bits per heavy atom. The van der Waals surface area contributed by atoms with Gasteiger partial charge in [0, 0.05) is 13.1 Å². The van der Waals surface area contributed by atoms with E-state index in [1.54, 1.807) is 17.0 Å². The van der Waals surface area contributed by atoms with Crippen LogP contribution in [0.25, 0.3) is 0 Å². The fourth-order valence-corrected chi connectivity index (χ4v) is 1.69. The average Bonchev–Trinajstić information content (AvgIpc) is 2.65. The monoisotopic (exact) mass is 225 g/mol. The van der Waals surface area contributed by atoms with E-state index in [0.717, 1.165) is 13.0 Å². The number of rotatable bonds is 1. The fourth-order valence-electron chi connectivity index (χ4n) is 1.54. The molecular formula is C11H12ClNO2. The van der Waals surface area contributed by atoms with E-state index in [1.807, 2.05) is 0 Å². The number of hydrogen-bond acceptors (Lipinski definition) is 2. The van der Waals surface area contributed by atoms with Gasteiger partial charge in [-0.3, -0.25) is 4.79 Å². The Labute approximate surface area is 93.3 Å². The summed E-state index contributed by atoms with van der Waals surface area (Å²) in [4.78, 5) is 13.6. The molecule has 0 saturated carbocycles. The SMILES string of the molecule is CC1=CCN(C(=O)c2ccc(Cl)o2)CC1. The first kappa shape index (κ1) is 10.3. The molecule has 1 amide bonds. The van der Waals surface area contributed by atoms with Crippen molar-refractivity contribution in [1.29, 1.82) is 0 Å². The molecule has 0 aliphatic carbocycles. The van der Waals surface area contributed by atoms with Gasteiger partial charge in [-0.05, 0) is 37.1 Å². The Kier molecular flexibility index (Phi) is 2.82. The van der Waals surface area contributed by atoms with Gasteiger partial charge in [0.05, 0.1) is 0 Å². The second-order valence-electron chi connectivity index (χ2n) is 3.66. The van der Waals surface area contributed by atoms with Gasteiger partial charge >= 0.3 is 0 Å². The summed E-state index contributed by atoms with van der Waals surface area (Å²) in [6.07, 6.45) is 2.99. The average molecular weight is 226 g/mol. The lowest BCUT2D eigenvalue weighted by Crippen LogP contribution is -2.34. The maximum Gasteiger partial charge on any atom is 0.289 e. The Balaban J connectivity index is 2.09. The van der Waals surface area contributed by atoms with Crippen LogP contribution in [0.3, 0.4) is 0 Å². The molecule has 1 aromatic heterocycles. The number of hydrogen-bond donors (Lipinski definition) is 0. The minimum atomic E-state index is -0.0920. The number of halogens is 1. The Morgan fingerprint density at radius 1 is 1.53 bits per heavy atom. The van der Waals surface area contributed by atoms with Gasteiger partial charge < -0.3 is 9.32 Å². The minimum absolute atomic E-state index is 0.0920. The molecule has 4 heteroatoms. The zero-order valence-corrected chi connectivity index (χ0v) is 9.25. The summed E-state index contributed by atoms with van der Waals surface area (Å²) >= 11 is 5.62.